The number of benzene rings is 2. The lowest BCUT2D eigenvalue weighted by Gasteiger charge is -2.17. The number of hydrogen-bond donors (Lipinski definition) is 0. The van der Waals surface area contributed by atoms with Crippen LogP contribution in [0.2, 0.25) is 0 Å². The van der Waals surface area contributed by atoms with Gasteiger partial charge < -0.3 is 18.9 Å². The Morgan fingerprint density at radius 2 is 1.41 bits per heavy atom. The van der Waals surface area contributed by atoms with Crippen LogP contribution in [0, 0.1) is 13.8 Å². The molecule has 0 amide bonds. The van der Waals surface area contributed by atoms with Crippen LogP contribution in [0.25, 0.3) is 0 Å². The molecule has 2 aromatic rings. The molecule has 0 aliphatic rings. The van der Waals surface area contributed by atoms with Crippen LogP contribution in [0.15, 0.2) is 30.3 Å². The number of ketones is 1. The van der Waals surface area contributed by atoms with Crippen molar-refractivity contribution >= 4 is 11.8 Å². The molecule has 0 saturated carbocycles. The third kappa shape index (κ3) is 4.39. The Hall–Kier alpha value is -3.02. The highest BCUT2D eigenvalue weighted by molar-refractivity contribution is 6.03. The summed E-state index contributed by atoms with van der Waals surface area (Å²) in [4.78, 5) is 25.3. The Kier molecular flexibility index (Phi) is 6.45. The molecule has 0 aliphatic heterocycles. The van der Waals surface area contributed by atoms with E-state index in [1.54, 1.807) is 13.0 Å². The van der Waals surface area contributed by atoms with E-state index in [-0.39, 0.29) is 17.1 Å². The monoisotopic (exact) mass is 372 g/mol. The fourth-order valence-corrected chi connectivity index (χ4v) is 2.69. The van der Waals surface area contributed by atoms with Gasteiger partial charge in [-0.05, 0) is 32.4 Å². The predicted molar refractivity (Wildman–Crippen MR) is 101 cm³/mol. The van der Waals surface area contributed by atoms with Gasteiger partial charge in [0.2, 0.25) is 5.78 Å². The summed E-state index contributed by atoms with van der Waals surface area (Å²) >= 11 is 0. The fourth-order valence-electron chi connectivity index (χ4n) is 2.69. The van der Waals surface area contributed by atoms with Crippen LogP contribution in [-0.2, 0) is 4.74 Å². The van der Waals surface area contributed by atoms with Gasteiger partial charge in [-0.25, -0.2) is 4.79 Å². The van der Waals surface area contributed by atoms with Crippen molar-refractivity contribution in [3.05, 3.63) is 52.6 Å². The van der Waals surface area contributed by atoms with Gasteiger partial charge in [-0.3, -0.25) is 4.79 Å². The predicted octanol–water partition coefficient (Wildman–Crippen LogP) is 3.76. The number of esters is 1. The minimum absolute atomic E-state index is 0.149. The van der Waals surface area contributed by atoms with E-state index in [9.17, 15) is 9.59 Å². The summed E-state index contributed by atoms with van der Waals surface area (Å²) in [5, 5.41) is 0. The highest BCUT2D eigenvalue weighted by atomic mass is 16.5. The maximum absolute atomic E-state index is 12.7. The molecule has 0 radical (unpaired) electrons. The average molecular weight is 372 g/mol. The lowest BCUT2D eigenvalue weighted by Crippen LogP contribution is -2.25. The second-order valence-electron chi connectivity index (χ2n) is 6.14. The number of ether oxygens (including phenoxy) is 4. The quantitative estimate of drug-likeness (QED) is 0.544. The Balaban J connectivity index is 2.28. The smallest absolute Gasteiger partial charge is 0.342 e. The molecule has 0 bridgehead atoms. The van der Waals surface area contributed by atoms with Crippen LogP contribution in [0.5, 0.6) is 17.2 Å². The molecule has 0 fully saturated rings. The topological polar surface area (TPSA) is 71.1 Å². The maximum Gasteiger partial charge on any atom is 0.342 e. The van der Waals surface area contributed by atoms with E-state index in [4.69, 9.17) is 18.9 Å². The SMILES string of the molecule is COc1cc(OC)c(C(=O)O[C@H](C)C(=O)c2cc(C)ccc2C)cc1OC. The zero-order chi connectivity index (χ0) is 20.1. The number of hydrogen-bond acceptors (Lipinski definition) is 6. The molecule has 0 N–H and O–H groups in total. The Bertz CT molecular complexity index is 856. The first kappa shape index (κ1) is 20.3. The molecule has 0 aromatic heterocycles. The molecule has 6 nitrogen and oxygen atoms in total. The van der Waals surface area contributed by atoms with Gasteiger partial charge in [0, 0.05) is 17.7 Å². The average Bonchev–Trinajstić information content (AvgIpc) is 2.67. The summed E-state index contributed by atoms with van der Waals surface area (Å²) in [7, 11) is 4.38. The van der Waals surface area contributed by atoms with Crippen molar-refractivity contribution in [2.24, 2.45) is 0 Å². The van der Waals surface area contributed by atoms with Crippen molar-refractivity contribution in [2.45, 2.75) is 26.9 Å². The standard InChI is InChI=1S/C21H24O6/c1-12-7-8-13(2)15(9-12)20(22)14(3)27-21(23)16-10-18(25-5)19(26-6)11-17(16)24-4/h7-11,14H,1-6H3/t14-/m1/s1. The first-order valence-electron chi connectivity index (χ1n) is 8.44. The van der Waals surface area contributed by atoms with E-state index in [0.717, 1.165) is 11.1 Å². The Morgan fingerprint density at radius 1 is 0.815 bits per heavy atom. The van der Waals surface area contributed by atoms with E-state index < -0.39 is 12.1 Å². The van der Waals surface area contributed by atoms with Gasteiger partial charge in [0.15, 0.2) is 17.6 Å². The summed E-state index contributed by atoms with van der Waals surface area (Å²) < 4.78 is 21.1. The molecule has 1 atom stereocenters. The second-order valence-corrected chi connectivity index (χ2v) is 6.14. The van der Waals surface area contributed by atoms with Crippen molar-refractivity contribution in [1.82, 2.24) is 0 Å². The van der Waals surface area contributed by atoms with Crippen LogP contribution < -0.4 is 14.2 Å². The molecule has 27 heavy (non-hydrogen) atoms. The lowest BCUT2D eigenvalue weighted by atomic mass is 9.99. The minimum atomic E-state index is -0.948. The lowest BCUT2D eigenvalue weighted by molar-refractivity contribution is 0.0315. The van der Waals surface area contributed by atoms with Crippen LogP contribution in [0.1, 0.15) is 38.8 Å². The summed E-state index contributed by atoms with van der Waals surface area (Å²) in [6.45, 7) is 5.30. The van der Waals surface area contributed by atoms with Gasteiger partial charge in [0.25, 0.3) is 0 Å². The third-order valence-corrected chi connectivity index (χ3v) is 4.24. The minimum Gasteiger partial charge on any atom is -0.496 e. The summed E-state index contributed by atoms with van der Waals surface area (Å²) in [5.41, 5.74) is 2.48. The summed E-state index contributed by atoms with van der Waals surface area (Å²) in [5.74, 6) is 0.108. The van der Waals surface area contributed by atoms with Crippen LogP contribution in [-0.4, -0.2) is 39.2 Å². The van der Waals surface area contributed by atoms with Crippen molar-refractivity contribution < 1.29 is 28.5 Å². The second kappa shape index (κ2) is 8.58. The van der Waals surface area contributed by atoms with Gasteiger partial charge >= 0.3 is 5.97 Å². The number of Topliss-reactive ketones (excluding diaryl/α,β-unsaturated/α-hetero) is 1. The van der Waals surface area contributed by atoms with Crippen LogP contribution >= 0.6 is 0 Å². The Labute approximate surface area is 159 Å². The number of carbonyl (C=O) groups is 2. The highest BCUT2D eigenvalue weighted by Crippen LogP contribution is 2.35. The van der Waals surface area contributed by atoms with Crippen LogP contribution in [0.4, 0.5) is 0 Å². The summed E-state index contributed by atoms with van der Waals surface area (Å²) in [6.07, 6.45) is -0.948. The van der Waals surface area contributed by atoms with Crippen LogP contribution in [0.3, 0.4) is 0 Å². The molecule has 6 heteroatoms. The number of aryl methyl sites for hydroxylation is 2. The molecule has 0 aliphatic carbocycles. The maximum atomic E-state index is 12.7. The van der Waals surface area contributed by atoms with E-state index >= 15 is 0 Å². The molecule has 0 saturated heterocycles. The first-order valence-corrected chi connectivity index (χ1v) is 8.44. The molecule has 2 rings (SSSR count). The van der Waals surface area contributed by atoms with Gasteiger partial charge in [-0.1, -0.05) is 17.7 Å². The van der Waals surface area contributed by atoms with Gasteiger partial charge in [-0.2, -0.15) is 0 Å². The number of methoxy groups -OCH3 is 3. The number of rotatable bonds is 7. The van der Waals surface area contributed by atoms with E-state index in [2.05, 4.69) is 0 Å². The molecule has 0 unspecified atom stereocenters. The van der Waals surface area contributed by atoms with E-state index in [1.807, 2.05) is 26.0 Å². The largest absolute Gasteiger partial charge is 0.496 e. The fraction of sp³-hybridized carbons (Fsp3) is 0.333. The highest BCUT2D eigenvalue weighted by Gasteiger charge is 2.25. The van der Waals surface area contributed by atoms with E-state index in [1.165, 1.54) is 33.5 Å². The van der Waals surface area contributed by atoms with Gasteiger partial charge in [0.05, 0.1) is 21.3 Å². The van der Waals surface area contributed by atoms with Gasteiger partial charge in [0.1, 0.15) is 11.3 Å². The van der Waals surface area contributed by atoms with Crippen molar-refractivity contribution in [2.75, 3.05) is 21.3 Å². The third-order valence-electron chi connectivity index (χ3n) is 4.24. The normalized spacial score (nSPS) is 11.5. The molecular weight excluding hydrogens is 348 g/mol. The van der Waals surface area contributed by atoms with Crippen molar-refractivity contribution in [1.29, 1.82) is 0 Å². The number of carbonyl (C=O) groups excluding carboxylic acids is 2. The molecule has 144 valence electrons. The molecule has 0 spiro atoms. The molecular formula is C21H24O6. The Morgan fingerprint density at radius 3 is 2.00 bits per heavy atom. The van der Waals surface area contributed by atoms with Gasteiger partial charge in [-0.15, -0.1) is 0 Å². The molecule has 2 aromatic carbocycles. The zero-order valence-electron chi connectivity index (χ0n) is 16.4. The van der Waals surface area contributed by atoms with Crippen molar-refractivity contribution in [3.63, 3.8) is 0 Å². The molecule has 0 heterocycles. The van der Waals surface area contributed by atoms with Crippen molar-refractivity contribution in [3.8, 4) is 17.2 Å². The van der Waals surface area contributed by atoms with E-state index in [0.29, 0.717) is 17.1 Å². The zero-order valence-corrected chi connectivity index (χ0v) is 16.4. The first-order chi connectivity index (χ1) is 12.8. The summed E-state index contributed by atoms with van der Waals surface area (Å²) in [6, 6.07) is 8.59.